The molecule has 0 aliphatic carbocycles. The third-order valence-corrected chi connectivity index (χ3v) is 2.84. The average molecular weight is 305 g/mol. The molecule has 0 fully saturated rings. The first-order valence-electron chi connectivity index (χ1n) is 6.92. The monoisotopic (exact) mass is 305 g/mol. The summed E-state index contributed by atoms with van der Waals surface area (Å²) in [6.45, 7) is 1.18. The lowest BCUT2D eigenvalue weighted by Crippen LogP contribution is -2.30. The van der Waals surface area contributed by atoms with Crippen molar-refractivity contribution in [2.24, 2.45) is 7.05 Å². The molecular weight excluding hydrogens is 286 g/mol. The van der Waals surface area contributed by atoms with Gasteiger partial charge in [0, 0.05) is 25.8 Å². The van der Waals surface area contributed by atoms with E-state index in [0.29, 0.717) is 24.7 Å². The molecule has 0 unspecified atom stereocenters. The first-order chi connectivity index (χ1) is 10.7. The van der Waals surface area contributed by atoms with Crippen molar-refractivity contribution in [3.8, 4) is 17.1 Å². The number of nitrogens with zero attached hydrogens (tertiary/aromatic N) is 4. The van der Waals surface area contributed by atoms with Crippen LogP contribution in [0.2, 0.25) is 0 Å². The van der Waals surface area contributed by atoms with Gasteiger partial charge in [-0.1, -0.05) is 0 Å². The number of benzene rings is 1. The van der Waals surface area contributed by atoms with E-state index in [1.165, 1.54) is 4.80 Å². The van der Waals surface area contributed by atoms with Crippen LogP contribution in [-0.2, 0) is 16.6 Å². The maximum absolute atomic E-state index is 11.6. The van der Waals surface area contributed by atoms with E-state index in [-0.39, 0.29) is 12.5 Å². The van der Waals surface area contributed by atoms with Crippen LogP contribution in [0.5, 0.6) is 5.75 Å². The van der Waals surface area contributed by atoms with E-state index in [1.54, 1.807) is 26.3 Å². The van der Waals surface area contributed by atoms with E-state index in [4.69, 9.17) is 9.47 Å². The summed E-state index contributed by atoms with van der Waals surface area (Å²) >= 11 is 0. The van der Waals surface area contributed by atoms with E-state index < -0.39 is 0 Å². The Bertz CT molecular complexity index is 597. The molecule has 1 amide bonds. The number of hydrogen-bond donors (Lipinski definition) is 1. The summed E-state index contributed by atoms with van der Waals surface area (Å²) in [6, 6.07) is 7.18. The molecule has 0 radical (unpaired) electrons. The van der Waals surface area contributed by atoms with Crippen LogP contribution < -0.4 is 10.1 Å². The predicted octanol–water partition coefficient (Wildman–Crippen LogP) is 0.409. The number of aryl methyl sites for hydroxylation is 1. The molecule has 2 aromatic rings. The lowest BCUT2D eigenvalue weighted by molar-refractivity contribution is -0.123. The molecule has 0 saturated carbocycles. The highest BCUT2D eigenvalue weighted by molar-refractivity contribution is 5.77. The molecule has 1 N–H and O–H groups in total. The second-order valence-corrected chi connectivity index (χ2v) is 4.61. The number of aromatic nitrogens is 4. The Hall–Kier alpha value is -2.48. The molecule has 1 heterocycles. The first kappa shape index (κ1) is 15.9. The van der Waals surface area contributed by atoms with Crippen LogP contribution in [0.4, 0.5) is 0 Å². The van der Waals surface area contributed by atoms with Gasteiger partial charge in [0.05, 0.1) is 7.05 Å². The fourth-order valence-electron chi connectivity index (χ4n) is 1.74. The fourth-order valence-corrected chi connectivity index (χ4v) is 1.74. The predicted molar refractivity (Wildman–Crippen MR) is 79.2 cm³/mol. The molecule has 0 spiro atoms. The number of tetrazole rings is 1. The van der Waals surface area contributed by atoms with Gasteiger partial charge >= 0.3 is 0 Å². The number of amides is 1. The van der Waals surface area contributed by atoms with Gasteiger partial charge in [-0.3, -0.25) is 4.79 Å². The van der Waals surface area contributed by atoms with Crippen LogP contribution in [0, 0.1) is 0 Å². The molecule has 118 valence electrons. The maximum atomic E-state index is 11.6. The number of ether oxygens (including phenoxy) is 2. The van der Waals surface area contributed by atoms with Gasteiger partial charge in [0.2, 0.25) is 5.82 Å². The number of rotatable bonds is 8. The highest BCUT2D eigenvalue weighted by Gasteiger charge is 2.06. The number of methoxy groups -OCH3 is 1. The van der Waals surface area contributed by atoms with Crippen LogP contribution in [-0.4, -0.2) is 53.0 Å². The number of carbonyl (C=O) groups excluding carboxylic acids is 1. The van der Waals surface area contributed by atoms with Gasteiger partial charge in [0.25, 0.3) is 5.91 Å². The summed E-state index contributed by atoms with van der Waals surface area (Å²) in [6.07, 6.45) is 0.780. The molecule has 0 aliphatic rings. The van der Waals surface area contributed by atoms with Crippen molar-refractivity contribution in [3.05, 3.63) is 24.3 Å². The second-order valence-electron chi connectivity index (χ2n) is 4.61. The van der Waals surface area contributed by atoms with E-state index in [1.807, 2.05) is 12.1 Å². The Balaban J connectivity index is 1.78. The van der Waals surface area contributed by atoms with Crippen LogP contribution >= 0.6 is 0 Å². The molecule has 8 nitrogen and oxygen atoms in total. The maximum Gasteiger partial charge on any atom is 0.257 e. The van der Waals surface area contributed by atoms with Crippen LogP contribution in [0.3, 0.4) is 0 Å². The zero-order valence-corrected chi connectivity index (χ0v) is 12.7. The molecule has 1 aromatic carbocycles. The van der Waals surface area contributed by atoms with Crippen molar-refractivity contribution in [1.29, 1.82) is 0 Å². The topological polar surface area (TPSA) is 91.2 Å². The SMILES string of the molecule is COCCCNC(=O)COc1ccc(-c2nnn(C)n2)cc1. The van der Waals surface area contributed by atoms with Gasteiger partial charge in [-0.15, -0.1) is 10.2 Å². The third-order valence-electron chi connectivity index (χ3n) is 2.84. The Morgan fingerprint density at radius 1 is 1.32 bits per heavy atom. The lowest BCUT2D eigenvalue weighted by atomic mass is 10.2. The minimum atomic E-state index is -0.157. The minimum Gasteiger partial charge on any atom is -0.484 e. The van der Waals surface area contributed by atoms with Gasteiger partial charge in [-0.2, -0.15) is 4.80 Å². The highest BCUT2D eigenvalue weighted by Crippen LogP contribution is 2.18. The molecular formula is C14H19N5O3. The van der Waals surface area contributed by atoms with Gasteiger partial charge in [0.15, 0.2) is 6.61 Å². The summed E-state index contributed by atoms with van der Waals surface area (Å²) in [4.78, 5) is 13.0. The number of hydrogen-bond acceptors (Lipinski definition) is 6. The van der Waals surface area contributed by atoms with E-state index in [9.17, 15) is 4.79 Å². The van der Waals surface area contributed by atoms with Crippen molar-refractivity contribution < 1.29 is 14.3 Å². The fraction of sp³-hybridized carbons (Fsp3) is 0.429. The van der Waals surface area contributed by atoms with E-state index >= 15 is 0 Å². The molecule has 8 heteroatoms. The second kappa shape index (κ2) is 8.08. The molecule has 22 heavy (non-hydrogen) atoms. The van der Waals surface area contributed by atoms with Crippen molar-refractivity contribution >= 4 is 5.91 Å². The Labute approximate surface area is 128 Å². The zero-order chi connectivity index (χ0) is 15.8. The van der Waals surface area contributed by atoms with Crippen molar-refractivity contribution in [2.75, 3.05) is 26.9 Å². The van der Waals surface area contributed by atoms with Gasteiger partial charge < -0.3 is 14.8 Å². The minimum absolute atomic E-state index is 0.0181. The Morgan fingerprint density at radius 2 is 2.09 bits per heavy atom. The molecule has 0 aliphatic heterocycles. The molecule has 2 rings (SSSR count). The molecule has 0 bridgehead atoms. The van der Waals surface area contributed by atoms with Crippen LogP contribution in [0.15, 0.2) is 24.3 Å². The normalized spacial score (nSPS) is 10.5. The number of carbonyl (C=O) groups is 1. The average Bonchev–Trinajstić information content (AvgIpc) is 2.96. The standard InChI is InChI=1S/C14H19N5O3/c1-19-17-14(16-18-19)11-4-6-12(7-5-11)22-10-13(20)15-8-3-9-21-2/h4-7H,3,8-10H2,1-2H3,(H,15,20). The van der Waals surface area contributed by atoms with Gasteiger partial charge in [-0.25, -0.2) is 0 Å². The molecule has 0 atom stereocenters. The van der Waals surface area contributed by atoms with Gasteiger partial charge in [0.1, 0.15) is 5.75 Å². The summed E-state index contributed by atoms with van der Waals surface area (Å²) in [5.41, 5.74) is 0.837. The number of nitrogens with one attached hydrogen (secondary N) is 1. The van der Waals surface area contributed by atoms with Crippen molar-refractivity contribution in [3.63, 3.8) is 0 Å². The molecule has 1 aromatic heterocycles. The third kappa shape index (κ3) is 4.81. The summed E-state index contributed by atoms with van der Waals surface area (Å²) in [5.74, 6) is 1.00. The highest BCUT2D eigenvalue weighted by atomic mass is 16.5. The first-order valence-corrected chi connectivity index (χ1v) is 6.92. The van der Waals surface area contributed by atoms with Gasteiger partial charge in [-0.05, 0) is 35.9 Å². The smallest absolute Gasteiger partial charge is 0.257 e. The van der Waals surface area contributed by atoms with E-state index in [0.717, 1.165) is 12.0 Å². The Morgan fingerprint density at radius 3 is 2.73 bits per heavy atom. The molecule has 0 saturated heterocycles. The van der Waals surface area contributed by atoms with Crippen molar-refractivity contribution in [2.45, 2.75) is 6.42 Å². The van der Waals surface area contributed by atoms with Crippen LogP contribution in [0.25, 0.3) is 11.4 Å². The summed E-state index contributed by atoms with van der Waals surface area (Å²) < 4.78 is 10.3. The lowest BCUT2D eigenvalue weighted by Gasteiger charge is -2.07. The summed E-state index contributed by atoms with van der Waals surface area (Å²) in [5, 5.41) is 14.6. The van der Waals surface area contributed by atoms with Crippen molar-refractivity contribution in [1.82, 2.24) is 25.5 Å². The summed E-state index contributed by atoms with van der Waals surface area (Å²) in [7, 11) is 3.34. The van der Waals surface area contributed by atoms with E-state index in [2.05, 4.69) is 20.7 Å². The zero-order valence-electron chi connectivity index (χ0n) is 12.7. The Kier molecular flexibility index (Phi) is 5.84. The quantitative estimate of drug-likeness (QED) is 0.710. The largest absolute Gasteiger partial charge is 0.484 e. The van der Waals surface area contributed by atoms with Crippen LogP contribution in [0.1, 0.15) is 6.42 Å².